The molecule has 22 heavy (non-hydrogen) atoms. The summed E-state index contributed by atoms with van der Waals surface area (Å²) in [6.07, 6.45) is 6.15. The number of ether oxygens (including phenoxy) is 1. The molecule has 1 rings (SSSR count). The third-order valence-corrected chi connectivity index (χ3v) is 3.37. The summed E-state index contributed by atoms with van der Waals surface area (Å²) < 4.78 is 5.06. The second kappa shape index (κ2) is 10.7. The number of nitrogens with one attached hydrogen (secondary N) is 2. The van der Waals surface area contributed by atoms with Crippen molar-refractivity contribution in [2.75, 3.05) is 7.11 Å². The van der Waals surface area contributed by atoms with Crippen molar-refractivity contribution in [3.8, 4) is 5.75 Å². The molecular weight excluding hydrogens is 280 g/mol. The van der Waals surface area contributed by atoms with Gasteiger partial charge in [0.25, 0.3) is 0 Å². The van der Waals surface area contributed by atoms with Crippen LogP contribution in [0, 0.1) is 0 Å². The number of carbonyl (C=O) groups is 2. The van der Waals surface area contributed by atoms with Gasteiger partial charge in [-0.3, -0.25) is 20.4 Å². The van der Waals surface area contributed by atoms with Crippen molar-refractivity contribution in [3.05, 3.63) is 29.8 Å². The number of amides is 2. The zero-order valence-corrected chi connectivity index (χ0v) is 13.5. The van der Waals surface area contributed by atoms with Gasteiger partial charge in [0.1, 0.15) is 5.75 Å². The SMILES string of the molecule is CCCCCCCC(=O)NNC(=O)Cc1ccc(OC)cc1. The fourth-order valence-electron chi connectivity index (χ4n) is 2.06. The van der Waals surface area contributed by atoms with Crippen LogP contribution in [0.2, 0.25) is 0 Å². The molecule has 5 heteroatoms. The molecule has 0 aromatic heterocycles. The van der Waals surface area contributed by atoms with E-state index in [0.29, 0.717) is 6.42 Å². The van der Waals surface area contributed by atoms with E-state index in [-0.39, 0.29) is 18.2 Å². The van der Waals surface area contributed by atoms with Crippen LogP contribution in [0.3, 0.4) is 0 Å². The van der Waals surface area contributed by atoms with Gasteiger partial charge in [-0.2, -0.15) is 0 Å². The molecule has 0 atom stereocenters. The van der Waals surface area contributed by atoms with Crippen molar-refractivity contribution in [1.29, 1.82) is 0 Å². The van der Waals surface area contributed by atoms with Crippen molar-refractivity contribution in [2.45, 2.75) is 51.9 Å². The summed E-state index contributed by atoms with van der Waals surface area (Å²) >= 11 is 0. The number of hydrogen-bond donors (Lipinski definition) is 2. The summed E-state index contributed by atoms with van der Waals surface area (Å²) in [6.45, 7) is 2.16. The third kappa shape index (κ3) is 7.67. The van der Waals surface area contributed by atoms with E-state index in [2.05, 4.69) is 17.8 Å². The van der Waals surface area contributed by atoms with Crippen LogP contribution in [-0.4, -0.2) is 18.9 Å². The highest BCUT2D eigenvalue weighted by molar-refractivity contribution is 5.83. The summed E-state index contributed by atoms with van der Waals surface area (Å²) in [5.41, 5.74) is 5.76. The predicted molar refractivity (Wildman–Crippen MR) is 86.4 cm³/mol. The first-order valence-electron chi connectivity index (χ1n) is 7.86. The number of carbonyl (C=O) groups excluding carboxylic acids is 2. The fourth-order valence-corrected chi connectivity index (χ4v) is 2.06. The van der Waals surface area contributed by atoms with E-state index >= 15 is 0 Å². The maximum absolute atomic E-state index is 11.7. The Balaban J connectivity index is 2.17. The van der Waals surface area contributed by atoms with Crippen LogP contribution in [0.4, 0.5) is 0 Å². The normalized spacial score (nSPS) is 10.1. The molecule has 0 aliphatic carbocycles. The summed E-state index contributed by atoms with van der Waals surface area (Å²) in [4.78, 5) is 23.3. The van der Waals surface area contributed by atoms with E-state index in [1.54, 1.807) is 19.2 Å². The molecule has 0 aliphatic rings. The molecule has 0 unspecified atom stereocenters. The molecule has 0 heterocycles. The van der Waals surface area contributed by atoms with Gasteiger partial charge in [-0.1, -0.05) is 44.7 Å². The fraction of sp³-hybridized carbons (Fsp3) is 0.529. The van der Waals surface area contributed by atoms with Gasteiger partial charge < -0.3 is 4.74 Å². The summed E-state index contributed by atoms with van der Waals surface area (Å²) in [5, 5.41) is 0. The predicted octanol–water partition coefficient (Wildman–Crippen LogP) is 2.75. The first kappa shape index (κ1) is 18.0. The average Bonchev–Trinajstić information content (AvgIpc) is 2.53. The Morgan fingerprint density at radius 1 is 0.955 bits per heavy atom. The van der Waals surface area contributed by atoms with Crippen LogP contribution in [0.15, 0.2) is 24.3 Å². The van der Waals surface area contributed by atoms with Gasteiger partial charge in [-0.25, -0.2) is 0 Å². The molecule has 0 radical (unpaired) electrons. The summed E-state index contributed by atoms with van der Waals surface area (Å²) in [7, 11) is 1.60. The van der Waals surface area contributed by atoms with E-state index in [0.717, 1.165) is 30.6 Å². The zero-order chi connectivity index (χ0) is 16.2. The van der Waals surface area contributed by atoms with E-state index in [4.69, 9.17) is 4.74 Å². The lowest BCUT2D eigenvalue weighted by molar-refractivity contribution is -0.128. The standard InChI is InChI=1S/C17H26N2O3/c1-3-4-5-6-7-8-16(20)18-19-17(21)13-14-9-11-15(22-2)12-10-14/h9-12H,3-8,13H2,1-2H3,(H,18,20)(H,19,21). The van der Waals surface area contributed by atoms with E-state index < -0.39 is 0 Å². The molecule has 0 saturated heterocycles. The van der Waals surface area contributed by atoms with Crippen molar-refractivity contribution >= 4 is 11.8 Å². The van der Waals surface area contributed by atoms with Crippen molar-refractivity contribution in [1.82, 2.24) is 10.9 Å². The van der Waals surface area contributed by atoms with Gasteiger partial charge in [0.15, 0.2) is 0 Å². The molecular formula is C17H26N2O3. The van der Waals surface area contributed by atoms with Gasteiger partial charge in [-0.15, -0.1) is 0 Å². The minimum atomic E-state index is -0.232. The first-order chi connectivity index (χ1) is 10.7. The van der Waals surface area contributed by atoms with Crippen LogP contribution in [0.25, 0.3) is 0 Å². The smallest absolute Gasteiger partial charge is 0.242 e. The highest BCUT2D eigenvalue weighted by Crippen LogP contribution is 2.11. The van der Waals surface area contributed by atoms with Crippen LogP contribution in [-0.2, 0) is 16.0 Å². The maximum Gasteiger partial charge on any atom is 0.242 e. The Labute approximate surface area is 132 Å². The van der Waals surface area contributed by atoms with Gasteiger partial charge in [-0.05, 0) is 24.1 Å². The molecule has 0 saturated carbocycles. The molecule has 0 bridgehead atoms. The molecule has 122 valence electrons. The third-order valence-electron chi connectivity index (χ3n) is 3.37. The van der Waals surface area contributed by atoms with E-state index in [1.807, 2.05) is 12.1 Å². The molecule has 1 aromatic rings. The first-order valence-corrected chi connectivity index (χ1v) is 7.86. The lowest BCUT2D eigenvalue weighted by atomic mass is 10.1. The number of hydrogen-bond acceptors (Lipinski definition) is 3. The Morgan fingerprint density at radius 2 is 1.59 bits per heavy atom. The topological polar surface area (TPSA) is 67.4 Å². The Bertz CT molecular complexity index is 457. The van der Waals surface area contributed by atoms with Crippen LogP contribution in [0.1, 0.15) is 51.0 Å². The van der Waals surface area contributed by atoms with E-state index in [9.17, 15) is 9.59 Å². The van der Waals surface area contributed by atoms with Gasteiger partial charge in [0.05, 0.1) is 13.5 Å². The maximum atomic E-state index is 11.7. The lowest BCUT2D eigenvalue weighted by Gasteiger charge is -2.08. The number of rotatable bonds is 9. The van der Waals surface area contributed by atoms with E-state index in [1.165, 1.54) is 12.8 Å². The van der Waals surface area contributed by atoms with Crippen LogP contribution in [0.5, 0.6) is 5.75 Å². The van der Waals surface area contributed by atoms with Crippen LogP contribution < -0.4 is 15.6 Å². The number of benzene rings is 1. The summed E-state index contributed by atoms with van der Waals surface area (Å²) in [6, 6.07) is 7.26. The van der Waals surface area contributed by atoms with Crippen molar-refractivity contribution in [2.24, 2.45) is 0 Å². The lowest BCUT2D eigenvalue weighted by Crippen LogP contribution is -2.42. The van der Waals surface area contributed by atoms with Gasteiger partial charge in [0, 0.05) is 6.42 Å². The monoisotopic (exact) mass is 306 g/mol. The highest BCUT2D eigenvalue weighted by atomic mass is 16.5. The average molecular weight is 306 g/mol. The zero-order valence-electron chi connectivity index (χ0n) is 13.5. The van der Waals surface area contributed by atoms with Gasteiger partial charge >= 0.3 is 0 Å². The number of methoxy groups -OCH3 is 1. The second-order valence-corrected chi connectivity index (χ2v) is 5.29. The number of unbranched alkanes of at least 4 members (excludes halogenated alkanes) is 4. The molecule has 2 N–H and O–H groups in total. The Hall–Kier alpha value is -2.04. The molecule has 0 fully saturated rings. The second-order valence-electron chi connectivity index (χ2n) is 5.29. The minimum absolute atomic E-state index is 0.139. The quantitative estimate of drug-likeness (QED) is 0.544. The molecule has 0 spiro atoms. The molecule has 0 aliphatic heterocycles. The van der Waals surface area contributed by atoms with Crippen LogP contribution >= 0.6 is 0 Å². The molecule has 5 nitrogen and oxygen atoms in total. The highest BCUT2D eigenvalue weighted by Gasteiger charge is 2.06. The van der Waals surface area contributed by atoms with Crippen molar-refractivity contribution < 1.29 is 14.3 Å². The Morgan fingerprint density at radius 3 is 2.23 bits per heavy atom. The number of hydrazine groups is 1. The molecule has 2 amide bonds. The summed E-state index contributed by atoms with van der Waals surface area (Å²) in [5.74, 6) is 0.379. The van der Waals surface area contributed by atoms with Gasteiger partial charge in [0.2, 0.25) is 11.8 Å². The largest absolute Gasteiger partial charge is 0.497 e. The minimum Gasteiger partial charge on any atom is -0.497 e. The molecule has 1 aromatic carbocycles. The van der Waals surface area contributed by atoms with Crippen molar-refractivity contribution in [3.63, 3.8) is 0 Å². The Kier molecular flexibility index (Phi) is 8.72.